The molecule has 0 radical (unpaired) electrons. The highest BCUT2D eigenvalue weighted by Gasteiger charge is 2.01. The minimum Gasteiger partial charge on any atom is -0.465 e. The molecule has 0 aliphatic heterocycles. The van der Waals surface area contributed by atoms with Crippen LogP contribution in [0.25, 0.3) is 11.1 Å². The van der Waals surface area contributed by atoms with Crippen LogP contribution in [0.1, 0.15) is 12.5 Å². The zero-order valence-electron chi connectivity index (χ0n) is 11.9. The molecule has 0 saturated heterocycles. The number of carbonyl (C=O) groups is 1. The van der Waals surface area contributed by atoms with E-state index < -0.39 is 0 Å². The quantitative estimate of drug-likeness (QED) is 0.828. The molecule has 3 nitrogen and oxygen atoms in total. The summed E-state index contributed by atoms with van der Waals surface area (Å²) in [5.74, 6) is -0.227. The van der Waals surface area contributed by atoms with Crippen molar-refractivity contribution in [3.05, 3.63) is 59.1 Å². The monoisotopic (exact) mass is 303 g/mol. The Labute approximate surface area is 129 Å². The molecule has 0 spiro atoms. The van der Waals surface area contributed by atoms with Gasteiger partial charge in [-0.25, -0.2) is 0 Å². The maximum absolute atomic E-state index is 11.2. The number of rotatable bonds is 6. The van der Waals surface area contributed by atoms with E-state index in [0.717, 1.165) is 21.7 Å². The van der Waals surface area contributed by atoms with E-state index in [-0.39, 0.29) is 12.5 Å². The van der Waals surface area contributed by atoms with Gasteiger partial charge in [-0.3, -0.25) is 4.79 Å². The number of halogens is 1. The Kier molecular flexibility index (Phi) is 5.78. The van der Waals surface area contributed by atoms with Crippen LogP contribution in [0.3, 0.4) is 0 Å². The van der Waals surface area contributed by atoms with Crippen LogP contribution in [0.15, 0.2) is 48.5 Å². The average molecular weight is 304 g/mol. The van der Waals surface area contributed by atoms with E-state index in [1.165, 1.54) is 0 Å². The maximum Gasteiger partial charge on any atom is 0.319 e. The predicted octanol–water partition coefficient (Wildman–Crippen LogP) is 3.66. The molecular weight excluding hydrogens is 286 g/mol. The van der Waals surface area contributed by atoms with Gasteiger partial charge in [0.15, 0.2) is 0 Å². The second-order valence-corrected chi connectivity index (χ2v) is 5.05. The van der Waals surface area contributed by atoms with Crippen molar-refractivity contribution in [1.29, 1.82) is 0 Å². The van der Waals surface area contributed by atoms with E-state index >= 15 is 0 Å². The molecule has 2 rings (SSSR count). The highest BCUT2D eigenvalue weighted by atomic mass is 35.5. The van der Waals surface area contributed by atoms with Gasteiger partial charge in [0.2, 0.25) is 0 Å². The number of esters is 1. The first kappa shape index (κ1) is 15.5. The van der Waals surface area contributed by atoms with Crippen molar-refractivity contribution in [3.63, 3.8) is 0 Å². The van der Waals surface area contributed by atoms with Gasteiger partial charge in [0.25, 0.3) is 0 Å². The molecule has 0 bridgehead atoms. The van der Waals surface area contributed by atoms with E-state index in [1.807, 2.05) is 36.4 Å². The minimum absolute atomic E-state index is 0.227. The topological polar surface area (TPSA) is 38.3 Å². The lowest BCUT2D eigenvalue weighted by Gasteiger charge is -2.06. The molecular formula is C17H18ClNO2. The molecule has 1 N–H and O–H groups in total. The lowest BCUT2D eigenvalue weighted by atomic mass is 10.0. The fourth-order valence-electron chi connectivity index (χ4n) is 1.98. The summed E-state index contributed by atoms with van der Waals surface area (Å²) in [6, 6.07) is 16.0. The number of carbonyl (C=O) groups excluding carboxylic acids is 1. The van der Waals surface area contributed by atoms with Gasteiger partial charge in [0, 0.05) is 11.6 Å². The maximum atomic E-state index is 11.2. The molecule has 4 heteroatoms. The summed E-state index contributed by atoms with van der Waals surface area (Å²) in [7, 11) is 0. The third-order valence-electron chi connectivity index (χ3n) is 3.04. The van der Waals surface area contributed by atoms with Crippen LogP contribution >= 0.6 is 11.6 Å². The highest BCUT2D eigenvalue weighted by Crippen LogP contribution is 2.21. The van der Waals surface area contributed by atoms with E-state index in [2.05, 4.69) is 17.4 Å². The molecule has 110 valence electrons. The molecule has 2 aromatic carbocycles. The van der Waals surface area contributed by atoms with Crippen molar-refractivity contribution in [3.8, 4) is 11.1 Å². The summed E-state index contributed by atoms with van der Waals surface area (Å²) in [6.45, 7) is 3.08. The van der Waals surface area contributed by atoms with Crippen molar-refractivity contribution >= 4 is 17.6 Å². The molecule has 0 unspecified atom stereocenters. The fraction of sp³-hybridized carbons (Fsp3) is 0.235. The van der Waals surface area contributed by atoms with Gasteiger partial charge in [0.1, 0.15) is 0 Å². The van der Waals surface area contributed by atoms with Crippen molar-refractivity contribution in [2.75, 3.05) is 13.2 Å². The first-order valence-corrected chi connectivity index (χ1v) is 7.28. The van der Waals surface area contributed by atoms with Gasteiger partial charge in [-0.1, -0.05) is 48.0 Å². The number of hydrogen-bond acceptors (Lipinski definition) is 3. The van der Waals surface area contributed by atoms with Crippen LogP contribution in [-0.2, 0) is 16.1 Å². The number of hydrogen-bond donors (Lipinski definition) is 1. The predicted molar refractivity (Wildman–Crippen MR) is 85.2 cm³/mol. The van der Waals surface area contributed by atoms with Crippen molar-refractivity contribution < 1.29 is 9.53 Å². The van der Waals surface area contributed by atoms with Crippen molar-refractivity contribution in [2.45, 2.75) is 13.5 Å². The third-order valence-corrected chi connectivity index (χ3v) is 3.29. The number of benzene rings is 2. The van der Waals surface area contributed by atoms with Gasteiger partial charge in [0.05, 0.1) is 13.2 Å². The Balaban J connectivity index is 1.90. The van der Waals surface area contributed by atoms with E-state index in [4.69, 9.17) is 16.3 Å². The van der Waals surface area contributed by atoms with Crippen molar-refractivity contribution in [1.82, 2.24) is 5.32 Å². The van der Waals surface area contributed by atoms with Gasteiger partial charge in [-0.05, 0) is 35.7 Å². The zero-order valence-corrected chi connectivity index (χ0v) is 12.7. The second-order valence-electron chi connectivity index (χ2n) is 4.61. The Morgan fingerprint density at radius 2 is 1.62 bits per heavy atom. The third kappa shape index (κ3) is 4.88. The van der Waals surface area contributed by atoms with Crippen LogP contribution in [0, 0.1) is 0 Å². The van der Waals surface area contributed by atoms with Crippen LogP contribution in [0.4, 0.5) is 0 Å². The van der Waals surface area contributed by atoms with Crippen LogP contribution in [-0.4, -0.2) is 19.1 Å². The SMILES string of the molecule is CCOC(=O)CNCc1ccc(-c2ccc(Cl)cc2)cc1. The molecule has 0 aliphatic carbocycles. The molecule has 0 amide bonds. The number of nitrogens with one attached hydrogen (secondary N) is 1. The molecule has 0 saturated carbocycles. The van der Waals surface area contributed by atoms with Crippen LogP contribution in [0.5, 0.6) is 0 Å². The van der Waals surface area contributed by atoms with E-state index in [0.29, 0.717) is 13.2 Å². The highest BCUT2D eigenvalue weighted by molar-refractivity contribution is 6.30. The van der Waals surface area contributed by atoms with E-state index in [9.17, 15) is 4.79 Å². The smallest absolute Gasteiger partial charge is 0.319 e. The molecule has 0 atom stereocenters. The van der Waals surface area contributed by atoms with Crippen LogP contribution < -0.4 is 5.32 Å². The lowest BCUT2D eigenvalue weighted by molar-refractivity contribution is -0.142. The van der Waals surface area contributed by atoms with E-state index in [1.54, 1.807) is 6.92 Å². The molecule has 0 aliphatic rings. The Hall–Kier alpha value is -1.84. The summed E-state index contributed by atoms with van der Waals surface area (Å²) < 4.78 is 4.85. The molecule has 0 aromatic heterocycles. The Morgan fingerprint density at radius 3 is 2.19 bits per heavy atom. The molecule has 0 heterocycles. The normalized spacial score (nSPS) is 10.4. The summed E-state index contributed by atoms with van der Waals surface area (Å²) in [4.78, 5) is 11.2. The van der Waals surface area contributed by atoms with Gasteiger partial charge < -0.3 is 10.1 Å². The van der Waals surface area contributed by atoms with Gasteiger partial charge in [-0.15, -0.1) is 0 Å². The average Bonchev–Trinajstić information content (AvgIpc) is 2.49. The summed E-state index contributed by atoms with van der Waals surface area (Å²) in [5, 5.41) is 3.80. The Morgan fingerprint density at radius 1 is 1.05 bits per heavy atom. The fourth-order valence-corrected chi connectivity index (χ4v) is 2.10. The minimum atomic E-state index is -0.227. The first-order valence-electron chi connectivity index (χ1n) is 6.90. The first-order chi connectivity index (χ1) is 10.2. The number of ether oxygens (including phenoxy) is 1. The van der Waals surface area contributed by atoms with Crippen LogP contribution in [0.2, 0.25) is 5.02 Å². The molecule has 21 heavy (non-hydrogen) atoms. The molecule has 0 fully saturated rings. The van der Waals surface area contributed by atoms with Crippen molar-refractivity contribution in [2.24, 2.45) is 0 Å². The van der Waals surface area contributed by atoms with Gasteiger partial charge >= 0.3 is 5.97 Å². The Bertz CT molecular complexity index is 579. The summed E-state index contributed by atoms with van der Waals surface area (Å²) in [6.07, 6.45) is 0. The molecule has 2 aromatic rings. The second kappa shape index (κ2) is 7.81. The summed E-state index contributed by atoms with van der Waals surface area (Å²) in [5.41, 5.74) is 3.39. The summed E-state index contributed by atoms with van der Waals surface area (Å²) >= 11 is 5.88. The standard InChI is InChI=1S/C17H18ClNO2/c1-2-21-17(20)12-19-11-13-3-5-14(6-4-13)15-7-9-16(18)10-8-15/h3-10,19H,2,11-12H2,1H3. The van der Waals surface area contributed by atoms with Gasteiger partial charge in [-0.2, -0.15) is 0 Å². The lowest BCUT2D eigenvalue weighted by Crippen LogP contribution is -2.24. The largest absolute Gasteiger partial charge is 0.465 e. The zero-order chi connectivity index (χ0) is 15.1.